The molecule has 1 N–H and O–H groups in total. The van der Waals surface area contributed by atoms with Crippen LogP contribution in [0.5, 0.6) is 0 Å². The van der Waals surface area contributed by atoms with Crippen LogP contribution in [0, 0.1) is 23.2 Å². The summed E-state index contributed by atoms with van der Waals surface area (Å²) in [7, 11) is 0. The molecule has 0 aliphatic heterocycles. The highest BCUT2D eigenvalue weighted by molar-refractivity contribution is 6.36. The van der Waals surface area contributed by atoms with Crippen molar-refractivity contribution < 1.29 is 14.4 Å². The van der Waals surface area contributed by atoms with Crippen LogP contribution in [-0.4, -0.2) is 17.6 Å². The van der Waals surface area contributed by atoms with Crippen LogP contribution in [0.4, 0.5) is 5.69 Å². The van der Waals surface area contributed by atoms with Gasteiger partial charge in [-0.25, -0.2) is 4.79 Å². The van der Waals surface area contributed by atoms with E-state index in [0.29, 0.717) is 27.9 Å². The minimum Gasteiger partial charge on any atom is -0.325 e. The van der Waals surface area contributed by atoms with Crippen LogP contribution in [-0.2, 0) is 9.63 Å². The van der Waals surface area contributed by atoms with Crippen LogP contribution in [0.1, 0.15) is 56.0 Å². The number of nitrogens with zero attached hydrogens (tertiary/aromatic N) is 1. The number of benzene rings is 2. The summed E-state index contributed by atoms with van der Waals surface area (Å²) in [4.78, 5) is 31.5. The highest BCUT2D eigenvalue weighted by Gasteiger charge is 2.71. The van der Waals surface area contributed by atoms with Gasteiger partial charge in [0, 0.05) is 27.6 Å². The molecule has 1 amide bonds. The fourth-order valence-corrected chi connectivity index (χ4v) is 5.97. The zero-order chi connectivity index (χ0) is 24.2. The number of amides is 1. The Morgan fingerprint density at radius 1 is 1.03 bits per heavy atom. The summed E-state index contributed by atoms with van der Waals surface area (Å²) in [6, 6.07) is 10.0. The number of hydrogen-bond donors (Lipinski definition) is 1. The molecule has 0 spiro atoms. The third-order valence-corrected chi connectivity index (χ3v) is 9.03. The van der Waals surface area contributed by atoms with Gasteiger partial charge in [-0.15, -0.1) is 0 Å². The van der Waals surface area contributed by atoms with Crippen LogP contribution < -0.4 is 5.32 Å². The molecule has 33 heavy (non-hydrogen) atoms. The maximum absolute atomic E-state index is 13.7. The van der Waals surface area contributed by atoms with Crippen molar-refractivity contribution in [3.8, 4) is 0 Å². The Hall–Kier alpha value is -2.08. The molecule has 2 aliphatic rings. The molecule has 5 nitrogen and oxygen atoms in total. The largest absolute Gasteiger partial charge is 0.367 e. The zero-order valence-electron chi connectivity index (χ0n) is 18.9. The number of halogens is 3. The van der Waals surface area contributed by atoms with Crippen molar-refractivity contribution in [1.29, 1.82) is 0 Å². The van der Waals surface area contributed by atoms with Crippen molar-refractivity contribution in [3.63, 3.8) is 0 Å². The molecule has 2 fully saturated rings. The third-order valence-electron chi connectivity index (χ3n) is 8.07. The van der Waals surface area contributed by atoms with E-state index in [2.05, 4.69) is 31.2 Å². The molecule has 2 atom stereocenters. The smallest absolute Gasteiger partial charge is 0.325 e. The van der Waals surface area contributed by atoms with E-state index in [4.69, 9.17) is 39.6 Å². The minimum absolute atomic E-state index is 0.0705. The van der Waals surface area contributed by atoms with E-state index in [1.807, 2.05) is 19.1 Å². The summed E-state index contributed by atoms with van der Waals surface area (Å²) in [5.74, 6) is -0.736. The lowest BCUT2D eigenvalue weighted by molar-refractivity contribution is -0.130. The Balaban J connectivity index is 1.61. The molecule has 4 rings (SSSR count). The number of oxime groups is 1. The summed E-state index contributed by atoms with van der Waals surface area (Å²) >= 11 is 18.3. The van der Waals surface area contributed by atoms with Gasteiger partial charge in [-0.05, 0) is 61.1 Å². The second-order valence-electron chi connectivity index (χ2n) is 9.62. The van der Waals surface area contributed by atoms with Crippen LogP contribution in [0.25, 0.3) is 0 Å². The maximum Gasteiger partial charge on any atom is 0.367 e. The van der Waals surface area contributed by atoms with Crippen LogP contribution >= 0.6 is 34.8 Å². The van der Waals surface area contributed by atoms with Crippen molar-refractivity contribution in [3.05, 3.63) is 62.6 Å². The standard InChI is InChI=1S/C25H25Cl3N2O3/c1-14-17(27)6-5-7-19(14)29-22(32)25-11-10-24(4,23(25,2)3)20(13-25)30-33-21(31)16-9-8-15(26)12-18(16)28/h5-9,12H,10-11,13H2,1-4H3,(H,29,32). The predicted octanol–water partition coefficient (Wildman–Crippen LogP) is 7.32. The third kappa shape index (κ3) is 3.65. The first-order chi connectivity index (χ1) is 15.4. The normalized spacial score (nSPS) is 26.5. The minimum atomic E-state index is -0.681. The Kier molecular flexibility index (Phi) is 6.05. The van der Waals surface area contributed by atoms with E-state index in [1.165, 1.54) is 12.1 Å². The van der Waals surface area contributed by atoms with Crippen LogP contribution in [0.3, 0.4) is 0 Å². The molecule has 0 saturated heterocycles. The Labute approximate surface area is 208 Å². The van der Waals surface area contributed by atoms with Crippen molar-refractivity contribution in [2.75, 3.05) is 5.32 Å². The summed E-state index contributed by atoms with van der Waals surface area (Å²) < 4.78 is 0. The van der Waals surface area contributed by atoms with Gasteiger partial charge in [-0.1, -0.05) is 66.8 Å². The topological polar surface area (TPSA) is 67.8 Å². The maximum atomic E-state index is 13.7. The van der Waals surface area contributed by atoms with Crippen molar-refractivity contribution in [2.24, 2.45) is 21.4 Å². The number of fused-ring (bicyclic) bond motifs is 2. The molecule has 0 radical (unpaired) electrons. The number of hydrogen-bond acceptors (Lipinski definition) is 4. The Morgan fingerprint density at radius 2 is 1.76 bits per heavy atom. The monoisotopic (exact) mass is 506 g/mol. The predicted molar refractivity (Wildman–Crippen MR) is 132 cm³/mol. The van der Waals surface area contributed by atoms with E-state index < -0.39 is 22.2 Å². The molecule has 8 heteroatoms. The van der Waals surface area contributed by atoms with Gasteiger partial charge in [0.25, 0.3) is 0 Å². The van der Waals surface area contributed by atoms with Crippen LogP contribution in [0.2, 0.25) is 15.1 Å². The molecule has 2 aliphatic carbocycles. The average Bonchev–Trinajstić information content (AvgIpc) is 3.06. The van der Waals surface area contributed by atoms with Crippen LogP contribution in [0.15, 0.2) is 41.6 Å². The molecule has 2 bridgehead atoms. The molecule has 0 heterocycles. The number of rotatable bonds is 4. The lowest BCUT2D eigenvalue weighted by atomic mass is 9.64. The van der Waals surface area contributed by atoms with Crippen molar-refractivity contribution in [2.45, 2.75) is 47.0 Å². The highest BCUT2D eigenvalue weighted by atomic mass is 35.5. The molecule has 2 aromatic carbocycles. The molecular weight excluding hydrogens is 483 g/mol. The SMILES string of the molecule is Cc1c(Cl)cccc1NC(=O)C12CCC(C)(C(=NOC(=O)c3ccc(Cl)cc3Cl)C1)C2(C)C. The first kappa shape index (κ1) is 24.1. The molecular formula is C25H25Cl3N2O3. The highest BCUT2D eigenvalue weighted by Crippen LogP contribution is 2.71. The van der Waals surface area contributed by atoms with E-state index in [-0.39, 0.29) is 16.5 Å². The van der Waals surface area contributed by atoms with Gasteiger partial charge in [-0.3, -0.25) is 4.79 Å². The second kappa shape index (κ2) is 8.30. The summed E-state index contributed by atoms with van der Waals surface area (Å²) in [6.07, 6.45) is 1.89. The Morgan fingerprint density at radius 3 is 2.45 bits per heavy atom. The van der Waals surface area contributed by atoms with Gasteiger partial charge in [0.2, 0.25) is 5.91 Å². The number of anilines is 1. The summed E-state index contributed by atoms with van der Waals surface area (Å²) in [5, 5.41) is 8.56. The fraction of sp³-hybridized carbons (Fsp3) is 0.400. The van der Waals surface area contributed by atoms with E-state index >= 15 is 0 Å². The summed E-state index contributed by atoms with van der Waals surface area (Å²) in [5.41, 5.74) is 0.928. The van der Waals surface area contributed by atoms with Gasteiger partial charge >= 0.3 is 5.97 Å². The quantitative estimate of drug-likeness (QED) is 0.348. The van der Waals surface area contributed by atoms with E-state index in [0.717, 1.165) is 18.4 Å². The van der Waals surface area contributed by atoms with Gasteiger partial charge < -0.3 is 10.2 Å². The van der Waals surface area contributed by atoms with Crippen molar-refractivity contribution in [1.82, 2.24) is 0 Å². The lowest BCUT2D eigenvalue weighted by Crippen LogP contribution is -2.43. The summed E-state index contributed by atoms with van der Waals surface area (Å²) in [6.45, 7) is 8.14. The first-order valence-electron chi connectivity index (χ1n) is 10.7. The number of nitrogens with one attached hydrogen (secondary N) is 1. The first-order valence-corrected chi connectivity index (χ1v) is 11.9. The number of carbonyl (C=O) groups is 2. The van der Waals surface area contributed by atoms with Gasteiger partial charge in [0.05, 0.1) is 21.7 Å². The van der Waals surface area contributed by atoms with Gasteiger partial charge in [0.15, 0.2) is 0 Å². The molecule has 0 aromatic heterocycles. The van der Waals surface area contributed by atoms with E-state index in [1.54, 1.807) is 12.1 Å². The zero-order valence-corrected chi connectivity index (χ0v) is 21.2. The second-order valence-corrected chi connectivity index (χ2v) is 10.9. The van der Waals surface area contributed by atoms with Gasteiger partial charge in [0.1, 0.15) is 0 Å². The molecule has 2 aromatic rings. The Bertz CT molecular complexity index is 1190. The van der Waals surface area contributed by atoms with E-state index in [9.17, 15) is 9.59 Å². The van der Waals surface area contributed by atoms with Crippen molar-refractivity contribution >= 4 is 58.1 Å². The van der Waals surface area contributed by atoms with Gasteiger partial charge in [-0.2, -0.15) is 0 Å². The average molecular weight is 508 g/mol. The molecule has 2 saturated carbocycles. The molecule has 174 valence electrons. The molecule has 2 unspecified atom stereocenters. The number of carbonyl (C=O) groups excluding carboxylic acids is 2. The lowest BCUT2D eigenvalue weighted by Gasteiger charge is -2.39. The fourth-order valence-electron chi connectivity index (χ4n) is 5.31.